The maximum atomic E-state index is 11.6. The number of nitrogens with one attached hydrogen (secondary N) is 1. The minimum absolute atomic E-state index is 0.0167. The van der Waals surface area contributed by atoms with Crippen LogP contribution in [0, 0.1) is 5.41 Å². The summed E-state index contributed by atoms with van der Waals surface area (Å²) in [5.74, 6) is 0.746. The minimum Gasteiger partial charge on any atom is -0.396 e. The van der Waals surface area contributed by atoms with Gasteiger partial charge in [-0.2, -0.15) is 0 Å². The van der Waals surface area contributed by atoms with Crippen LogP contribution in [0.3, 0.4) is 0 Å². The van der Waals surface area contributed by atoms with Crippen LogP contribution in [0.25, 0.3) is 0 Å². The third kappa shape index (κ3) is 6.85. The van der Waals surface area contributed by atoms with E-state index in [4.69, 9.17) is 16.7 Å². The van der Waals surface area contributed by atoms with Crippen molar-refractivity contribution in [2.24, 2.45) is 5.41 Å². The predicted octanol–water partition coefficient (Wildman–Crippen LogP) is 2.96. The summed E-state index contributed by atoms with van der Waals surface area (Å²) >= 11 is 7.43. The summed E-state index contributed by atoms with van der Waals surface area (Å²) in [7, 11) is 0. The molecule has 1 aromatic rings. The van der Waals surface area contributed by atoms with Crippen LogP contribution in [0.2, 0.25) is 5.02 Å². The second-order valence-corrected chi connectivity index (χ2v) is 6.76. The van der Waals surface area contributed by atoms with Crippen LogP contribution >= 0.6 is 23.4 Å². The first-order chi connectivity index (χ1) is 8.93. The first kappa shape index (κ1) is 16.3. The number of carbonyl (C=O) groups is 1. The highest BCUT2D eigenvalue weighted by atomic mass is 35.5. The van der Waals surface area contributed by atoms with Gasteiger partial charge in [0.1, 0.15) is 0 Å². The van der Waals surface area contributed by atoms with Gasteiger partial charge in [0.2, 0.25) is 5.91 Å². The topological polar surface area (TPSA) is 49.3 Å². The van der Waals surface area contributed by atoms with Crippen molar-refractivity contribution in [3.63, 3.8) is 0 Å². The Labute approximate surface area is 123 Å². The van der Waals surface area contributed by atoms with Gasteiger partial charge in [-0.25, -0.2) is 0 Å². The molecule has 106 valence electrons. The molecule has 0 saturated heterocycles. The summed E-state index contributed by atoms with van der Waals surface area (Å²) in [6.07, 6.45) is 0.467. The van der Waals surface area contributed by atoms with Crippen LogP contribution in [0.15, 0.2) is 29.2 Å². The Hall–Kier alpha value is -0.710. The first-order valence-corrected chi connectivity index (χ1v) is 7.55. The quantitative estimate of drug-likeness (QED) is 0.761. The van der Waals surface area contributed by atoms with Gasteiger partial charge in [0, 0.05) is 40.7 Å². The highest BCUT2D eigenvalue weighted by Gasteiger charge is 2.17. The normalized spacial score (nSPS) is 11.4. The fourth-order valence-corrected chi connectivity index (χ4v) is 2.25. The van der Waals surface area contributed by atoms with E-state index in [9.17, 15) is 4.79 Å². The molecule has 0 saturated carbocycles. The molecule has 0 heterocycles. The van der Waals surface area contributed by atoms with Crippen molar-refractivity contribution in [3.05, 3.63) is 29.3 Å². The molecule has 0 aromatic heterocycles. The Morgan fingerprint density at radius 3 is 2.58 bits per heavy atom. The molecule has 0 atom stereocenters. The van der Waals surface area contributed by atoms with Crippen LogP contribution in [-0.4, -0.2) is 29.9 Å². The van der Waals surface area contributed by atoms with Gasteiger partial charge in [0.25, 0.3) is 0 Å². The third-order valence-electron chi connectivity index (χ3n) is 2.60. The number of thioether (sulfide) groups is 1. The minimum atomic E-state index is -0.265. The number of aliphatic hydroxyl groups excluding tert-OH is 1. The zero-order valence-electron chi connectivity index (χ0n) is 11.3. The second-order valence-electron chi connectivity index (χ2n) is 5.15. The van der Waals surface area contributed by atoms with E-state index in [2.05, 4.69) is 5.32 Å². The van der Waals surface area contributed by atoms with Crippen LogP contribution < -0.4 is 5.32 Å². The first-order valence-electron chi connectivity index (χ1n) is 6.19. The largest absolute Gasteiger partial charge is 0.396 e. The predicted molar refractivity (Wildman–Crippen MR) is 80.7 cm³/mol. The van der Waals surface area contributed by atoms with E-state index in [1.54, 1.807) is 11.8 Å². The Morgan fingerprint density at radius 2 is 2.00 bits per heavy atom. The average molecular weight is 302 g/mol. The van der Waals surface area contributed by atoms with Crippen LogP contribution in [-0.2, 0) is 4.79 Å². The monoisotopic (exact) mass is 301 g/mol. The van der Waals surface area contributed by atoms with E-state index in [0.717, 1.165) is 10.6 Å². The molecule has 1 aromatic carbocycles. The standard InChI is InChI=1S/C14H20ClNO2S/c1-14(2,10-17)9-16-13(18)7-8-19-12-5-3-11(15)4-6-12/h3-6,17H,7-10H2,1-2H3,(H,16,18). The lowest BCUT2D eigenvalue weighted by molar-refractivity contribution is -0.121. The van der Waals surface area contributed by atoms with Crippen molar-refractivity contribution < 1.29 is 9.90 Å². The zero-order valence-corrected chi connectivity index (χ0v) is 12.9. The van der Waals surface area contributed by atoms with Gasteiger partial charge in [-0.1, -0.05) is 25.4 Å². The molecule has 2 N–H and O–H groups in total. The van der Waals surface area contributed by atoms with Crippen LogP contribution in [0.5, 0.6) is 0 Å². The number of rotatable bonds is 7. The number of halogens is 1. The van der Waals surface area contributed by atoms with Crippen molar-refractivity contribution in [2.45, 2.75) is 25.2 Å². The molecular formula is C14H20ClNO2S. The van der Waals surface area contributed by atoms with Crippen molar-refractivity contribution in [3.8, 4) is 0 Å². The zero-order chi connectivity index (χ0) is 14.3. The lowest BCUT2D eigenvalue weighted by Crippen LogP contribution is -2.36. The maximum Gasteiger partial charge on any atom is 0.220 e. The molecule has 0 spiro atoms. The van der Waals surface area contributed by atoms with E-state index in [1.165, 1.54) is 0 Å². The van der Waals surface area contributed by atoms with Gasteiger partial charge >= 0.3 is 0 Å². The van der Waals surface area contributed by atoms with Crippen molar-refractivity contribution >= 4 is 29.3 Å². The SMILES string of the molecule is CC(C)(CO)CNC(=O)CCSc1ccc(Cl)cc1. The number of benzene rings is 1. The smallest absolute Gasteiger partial charge is 0.220 e. The number of hydrogen-bond donors (Lipinski definition) is 2. The molecule has 0 aliphatic carbocycles. The molecule has 0 unspecified atom stereocenters. The van der Waals surface area contributed by atoms with Gasteiger partial charge < -0.3 is 10.4 Å². The second kappa shape index (κ2) is 7.78. The summed E-state index contributed by atoms with van der Waals surface area (Å²) in [5.41, 5.74) is -0.265. The Kier molecular flexibility index (Phi) is 6.69. The highest BCUT2D eigenvalue weighted by Crippen LogP contribution is 2.20. The number of amides is 1. The third-order valence-corrected chi connectivity index (χ3v) is 3.87. The summed E-state index contributed by atoms with van der Waals surface area (Å²) in [5, 5.41) is 12.6. The van der Waals surface area contributed by atoms with Gasteiger partial charge in [-0.15, -0.1) is 11.8 Å². The molecule has 0 radical (unpaired) electrons. The van der Waals surface area contributed by atoms with Gasteiger partial charge in [-0.3, -0.25) is 4.79 Å². The molecular weight excluding hydrogens is 282 g/mol. The maximum absolute atomic E-state index is 11.6. The summed E-state index contributed by atoms with van der Waals surface area (Å²) < 4.78 is 0. The lowest BCUT2D eigenvalue weighted by Gasteiger charge is -2.21. The molecule has 1 rings (SSSR count). The number of carbonyl (C=O) groups excluding carboxylic acids is 1. The Morgan fingerprint density at radius 1 is 1.37 bits per heavy atom. The summed E-state index contributed by atoms with van der Waals surface area (Å²) in [6.45, 7) is 4.38. The van der Waals surface area contributed by atoms with Gasteiger partial charge in [-0.05, 0) is 24.3 Å². The Bertz CT molecular complexity index is 406. The van der Waals surface area contributed by atoms with E-state index in [1.807, 2.05) is 38.1 Å². The fourth-order valence-electron chi connectivity index (χ4n) is 1.27. The lowest BCUT2D eigenvalue weighted by atomic mass is 9.95. The average Bonchev–Trinajstić information content (AvgIpc) is 2.39. The van der Waals surface area contributed by atoms with Crippen LogP contribution in [0.1, 0.15) is 20.3 Å². The molecule has 3 nitrogen and oxygen atoms in total. The van der Waals surface area contributed by atoms with Gasteiger partial charge in [0.05, 0.1) is 0 Å². The van der Waals surface area contributed by atoms with Crippen LogP contribution in [0.4, 0.5) is 0 Å². The fraction of sp³-hybridized carbons (Fsp3) is 0.500. The highest BCUT2D eigenvalue weighted by molar-refractivity contribution is 7.99. The van der Waals surface area contributed by atoms with E-state index >= 15 is 0 Å². The molecule has 5 heteroatoms. The molecule has 1 amide bonds. The summed E-state index contributed by atoms with van der Waals surface area (Å²) in [4.78, 5) is 12.7. The molecule has 0 bridgehead atoms. The van der Waals surface area contributed by atoms with E-state index in [-0.39, 0.29) is 17.9 Å². The van der Waals surface area contributed by atoms with E-state index in [0.29, 0.717) is 18.0 Å². The molecule has 0 aliphatic heterocycles. The van der Waals surface area contributed by atoms with Crippen molar-refractivity contribution in [1.29, 1.82) is 0 Å². The number of hydrogen-bond acceptors (Lipinski definition) is 3. The van der Waals surface area contributed by atoms with Crippen molar-refractivity contribution in [1.82, 2.24) is 5.32 Å². The summed E-state index contributed by atoms with van der Waals surface area (Å²) in [6, 6.07) is 7.57. The molecule has 19 heavy (non-hydrogen) atoms. The number of aliphatic hydroxyl groups is 1. The van der Waals surface area contributed by atoms with E-state index < -0.39 is 0 Å². The van der Waals surface area contributed by atoms with Crippen molar-refractivity contribution in [2.75, 3.05) is 18.9 Å². The Balaban J connectivity index is 2.22. The molecule has 0 aliphatic rings. The van der Waals surface area contributed by atoms with Gasteiger partial charge in [0.15, 0.2) is 0 Å². The molecule has 0 fully saturated rings.